The molecule has 1 aliphatic rings. The molecule has 0 aliphatic carbocycles. The molecule has 4 rings (SSSR count). The maximum Gasteiger partial charge on any atom is 0.0970 e. The average Bonchev–Trinajstić information content (AvgIpc) is 3.16. The second-order valence-corrected chi connectivity index (χ2v) is 7.33. The number of piperidine rings is 1. The highest BCUT2D eigenvalue weighted by molar-refractivity contribution is 7.18. The van der Waals surface area contributed by atoms with Crippen molar-refractivity contribution in [3.8, 4) is 0 Å². The zero-order chi connectivity index (χ0) is 14.1. The van der Waals surface area contributed by atoms with Gasteiger partial charge in [-0.1, -0.05) is 12.1 Å². The molecule has 0 atom stereocenters. The average molecular weight is 315 g/mol. The lowest BCUT2D eigenvalue weighted by Crippen LogP contribution is -2.32. The summed E-state index contributed by atoms with van der Waals surface area (Å²) in [5, 5.41) is 3.48. The van der Waals surface area contributed by atoms with Crippen molar-refractivity contribution in [1.82, 2.24) is 14.9 Å². The molecule has 0 unspecified atom stereocenters. The van der Waals surface area contributed by atoms with E-state index >= 15 is 0 Å². The van der Waals surface area contributed by atoms with Crippen LogP contribution < -0.4 is 0 Å². The van der Waals surface area contributed by atoms with Gasteiger partial charge in [-0.25, -0.2) is 9.97 Å². The lowest BCUT2D eigenvalue weighted by molar-refractivity contribution is 0.203. The summed E-state index contributed by atoms with van der Waals surface area (Å²) in [6, 6.07) is 8.46. The molecule has 5 heteroatoms. The van der Waals surface area contributed by atoms with Crippen molar-refractivity contribution < 1.29 is 0 Å². The van der Waals surface area contributed by atoms with Gasteiger partial charge >= 0.3 is 0 Å². The van der Waals surface area contributed by atoms with Crippen LogP contribution in [0.15, 0.2) is 35.2 Å². The molecule has 108 valence electrons. The van der Waals surface area contributed by atoms with Crippen LogP contribution in [0.4, 0.5) is 0 Å². The minimum atomic E-state index is 0.633. The van der Waals surface area contributed by atoms with Gasteiger partial charge < -0.3 is 0 Å². The number of hydrogen-bond donors (Lipinski definition) is 0. The molecule has 3 aromatic rings. The predicted molar refractivity (Wildman–Crippen MR) is 89.0 cm³/mol. The van der Waals surface area contributed by atoms with Crippen molar-refractivity contribution in [3.05, 3.63) is 45.9 Å². The molecule has 3 nitrogen and oxygen atoms in total. The van der Waals surface area contributed by atoms with Crippen LogP contribution in [0.2, 0.25) is 0 Å². The van der Waals surface area contributed by atoms with Gasteiger partial charge in [0.25, 0.3) is 0 Å². The third-order valence-corrected chi connectivity index (χ3v) is 5.95. The Balaban J connectivity index is 1.42. The molecule has 21 heavy (non-hydrogen) atoms. The van der Waals surface area contributed by atoms with Gasteiger partial charge in [0.05, 0.1) is 26.4 Å². The van der Waals surface area contributed by atoms with Crippen LogP contribution in [0.5, 0.6) is 0 Å². The first kappa shape index (κ1) is 13.4. The van der Waals surface area contributed by atoms with E-state index in [1.807, 2.05) is 16.8 Å². The topological polar surface area (TPSA) is 29.0 Å². The maximum atomic E-state index is 4.83. The molecule has 0 amide bonds. The third-order valence-electron chi connectivity index (χ3n) is 4.12. The molecule has 0 bridgehead atoms. The highest BCUT2D eigenvalue weighted by Crippen LogP contribution is 2.34. The molecule has 1 fully saturated rings. The summed E-state index contributed by atoms with van der Waals surface area (Å²) < 4.78 is 1.32. The Morgan fingerprint density at radius 3 is 2.81 bits per heavy atom. The zero-order valence-corrected chi connectivity index (χ0v) is 13.4. The van der Waals surface area contributed by atoms with Crippen molar-refractivity contribution in [2.45, 2.75) is 25.3 Å². The minimum Gasteiger partial charge on any atom is -0.297 e. The number of rotatable bonds is 3. The Kier molecular flexibility index (Phi) is 3.71. The van der Waals surface area contributed by atoms with Crippen LogP contribution >= 0.6 is 22.7 Å². The SMILES string of the molecule is c1ccc2sc(C3CCN(Cc4cscn4)CC3)nc2c1. The normalized spacial score (nSPS) is 17.5. The molecule has 1 aliphatic heterocycles. The van der Waals surface area contributed by atoms with Crippen molar-refractivity contribution in [2.75, 3.05) is 13.1 Å². The number of likely N-dealkylation sites (tertiary alicyclic amines) is 1. The van der Waals surface area contributed by atoms with E-state index in [9.17, 15) is 0 Å². The summed E-state index contributed by atoms with van der Waals surface area (Å²) in [6.45, 7) is 3.30. The largest absolute Gasteiger partial charge is 0.297 e. The Bertz CT molecular complexity index is 679. The number of thiazole rings is 2. The first-order valence-electron chi connectivity index (χ1n) is 7.33. The molecule has 0 N–H and O–H groups in total. The number of fused-ring (bicyclic) bond motifs is 1. The summed E-state index contributed by atoms with van der Waals surface area (Å²) in [6.07, 6.45) is 2.42. The first-order chi connectivity index (χ1) is 10.4. The third kappa shape index (κ3) is 2.86. The number of aromatic nitrogens is 2. The molecular weight excluding hydrogens is 298 g/mol. The number of para-hydroxylation sites is 1. The molecule has 0 spiro atoms. The lowest BCUT2D eigenvalue weighted by Gasteiger charge is -2.30. The Morgan fingerprint density at radius 2 is 2.05 bits per heavy atom. The molecule has 0 radical (unpaired) electrons. The van der Waals surface area contributed by atoms with Crippen molar-refractivity contribution in [1.29, 1.82) is 0 Å². The van der Waals surface area contributed by atoms with Crippen molar-refractivity contribution in [2.24, 2.45) is 0 Å². The van der Waals surface area contributed by atoms with Crippen LogP contribution in [-0.2, 0) is 6.54 Å². The van der Waals surface area contributed by atoms with Crippen LogP contribution in [-0.4, -0.2) is 28.0 Å². The van der Waals surface area contributed by atoms with E-state index in [-0.39, 0.29) is 0 Å². The van der Waals surface area contributed by atoms with Gasteiger partial charge in [-0.3, -0.25) is 4.90 Å². The second-order valence-electron chi connectivity index (χ2n) is 5.55. The fraction of sp³-hybridized carbons (Fsp3) is 0.375. The summed E-state index contributed by atoms with van der Waals surface area (Å²) in [5.74, 6) is 0.633. The van der Waals surface area contributed by atoms with Gasteiger partial charge in [0, 0.05) is 17.8 Å². The van der Waals surface area contributed by atoms with Crippen LogP contribution in [0.1, 0.15) is 29.5 Å². The maximum absolute atomic E-state index is 4.83. The van der Waals surface area contributed by atoms with Crippen LogP contribution in [0.25, 0.3) is 10.2 Å². The van der Waals surface area contributed by atoms with Gasteiger partial charge in [0.15, 0.2) is 0 Å². The molecule has 3 heterocycles. The van der Waals surface area contributed by atoms with Crippen molar-refractivity contribution >= 4 is 32.9 Å². The van der Waals surface area contributed by atoms with Gasteiger partial charge in [-0.2, -0.15) is 0 Å². The molecule has 1 saturated heterocycles. The van der Waals surface area contributed by atoms with Gasteiger partial charge in [0.2, 0.25) is 0 Å². The van der Waals surface area contributed by atoms with E-state index in [0.717, 1.165) is 25.2 Å². The van der Waals surface area contributed by atoms with Crippen LogP contribution in [0, 0.1) is 0 Å². The highest BCUT2D eigenvalue weighted by Gasteiger charge is 2.23. The highest BCUT2D eigenvalue weighted by atomic mass is 32.1. The van der Waals surface area contributed by atoms with Gasteiger partial charge in [-0.05, 0) is 38.1 Å². The summed E-state index contributed by atoms with van der Waals surface area (Å²) in [5.41, 5.74) is 4.28. The number of hydrogen-bond acceptors (Lipinski definition) is 5. The van der Waals surface area contributed by atoms with E-state index in [4.69, 9.17) is 4.98 Å². The monoisotopic (exact) mass is 315 g/mol. The van der Waals surface area contributed by atoms with E-state index in [1.54, 1.807) is 11.3 Å². The summed E-state index contributed by atoms with van der Waals surface area (Å²) in [4.78, 5) is 11.7. The Labute approximate surface area is 132 Å². The standard InChI is InChI=1S/C16H17N3S2/c1-2-4-15-14(3-1)18-16(21-15)12-5-7-19(8-6-12)9-13-10-20-11-17-13/h1-4,10-12H,5-9H2. The quantitative estimate of drug-likeness (QED) is 0.727. The molecular formula is C16H17N3S2. The molecule has 2 aromatic heterocycles. The van der Waals surface area contributed by atoms with E-state index in [0.29, 0.717) is 5.92 Å². The smallest absolute Gasteiger partial charge is 0.0970 e. The number of nitrogens with zero attached hydrogens (tertiary/aromatic N) is 3. The van der Waals surface area contributed by atoms with E-state index < -0.39 is 0 Å². The van der Waals surface area contributed by atoms with Crippen LogP contribution in [0.3, 0.4) is 0 Å². The Hall–Kier alpha value is -1.30. The van der Waals surface area contributed by atoms with E-state index in [1.165, 1.54) is 28.2 Å². The second kappa shape index (κ2) is 5.83. The van der Waals surface area contributed by atoms with E-state index in [2.05, 4.69) is 39.5 Å². The van der Waals surface area contributed by atoms with Crippen molar-refractivity contribution in [3.63, 3.8) is 0 Å². The fourth-order valence-corrected chi connectivity index (χ4v) is 4.63. The Morgan fingerprint density at radius 1 is 1.19 bits per heavy atom. The first-order valence-corrected chi connectivity index (χ1v) is 9.09. The van der Waals surface area contributed by atoms with Gasteiger partial charge in [-0.15, -0.1) is 22.7 Å². The summed E-state index contributed by atoms with van der Waals surface area (Å²) in [7, 11) is 0. The number of benzene rings is 1. The molecule has 1 aromatic carbocycles. The van der Waals surface area contributed by atoms with Gasteiger partial charge in [0.1, 0.15) is 0 Å². The molecule has 0 saturated carbocycles. The fourth-order valence-electron chi connectivity index (χ4n) is 2.95. The minimum absolute atomic E-state index is 0.633. The lowest BCUT2D eigenvalue weighted by atomic mass is 9.97. The summed E-state index contributed by atoms with van der Waals surface area (Å²) >= 11 is 3.55. The predicted octanol–water partition coefficient (Wildman–Crippen LogP) is 4.13. The zero-order valence-electron chi connectivity index (χ0n) is 11.7.